The highest BCUT2D eigenvalue weighted by Crippen LogP contribution is 2.33. The molecule has 0 radical (unpaired) electrons. The van der Waals surface area contributed by atoms with Crippen molar-refractivity contribution < 1.29 is 4.79 Å². The highest BCUT2D eigenvalue weighted by Gasteiger charge is 2.16. The minimum atomic E-state index is 0.215. The van der Waals surface area contributed by atoms with Crippen LogP contribution in [0.1, 0.15) is 26.4 Å². The average Bonchev–Trinajstić information content (AvgIpc) is 2.97. The van der Waals surface area contributed by atoms with Crippen LogP contribution < -0.4 is 10.6 Å². The molecule has 0 aliphatic carbocycles. The minimum absolute atomic E-state index is 0.215. The molecule has 0 bridgehead atoms. The minimum Gasteiger partial charge on any atom is -0.368 e. The molecule has 3 rings (SSSR count). The van der Waals surface area contributed by atoms with Gasteiger partial charge < -0.3 is 10.6 Å². The van der Waals surface area contributed by atoms with Crippen LogP contribution in [0.25, 0.3) is 10.2 Å². The fraction of sp³-hybridized carbons (Fsp3) is 0.188. The molecule has 1 aromatic carbocycles. The van der Waals surface area contributed by atoms with Crippen molar-refractivity contribution >= 4 is 56.7 Å². The smallest absolute Gasteiger partial charge is 0.222 e. The zero-order chi connectivity index (χ0) is 17.3. The molecule has 2 atom stereocenters. The van der Waals surface area contributed by atoms with E-state index in [9.17, 15) is 4.79 Å². The number of aromatic nitrogens is 2. The first-order chi connectivity index (χ1) is 11.5. The van der Waals surface area contributed by atoms with Gasteiger partial charge in [-0.25, -0.2) is 4.98 Å². The van der Waals surface area contributed by atoms with E-state index in [-0.39, 0.29) is 5.95 Å². The zero-order valence-electron chi connectivity index (χ0n) is 13.6. The summed E-state index contributed by atoms with van der Waals surface area (Å²) >= 11 is 1.39. The van der Waals surface area contributed by atoms with E-state index in [1.54, 1.807) is 6.07 Å². The monoisotopic (exact) mass is 356 g/mol. The van der Waals surface area contributed by atoms with Gasteiger partial charge >= 0.3 is 0 Å². The van der Waals surface area contributed by atoms with Crippen molar-refractivity contribution in [3.63, 3.8) is 0 Å². The van der Waals surface area contributed by atoms with E-state index in [4.69, 9.17) is 5.73 Å². The number of nitrogens with zero attached hydrogens (tertiary/aromatic N) is 3. The van der Waals surface area contributed by atoms with Crippen LogP contribution in [0.5, 0.6) is 0 Å². The maximum atomic E-state index is 11.1. The molecular weight excluding hydrogens is 338 g/mol. The fourth-order valence-corrected chi connectivity index (χ4v) is 4.00. The molecule has 2 N–H and O–H groups in total. The van der Waals surface area contributed by atoms with Gasteiger partial charge in [-0.2, -0.15) is 4.98 Å². The van der Waals surface area contributed by atoms with Gasteiger partial charge in [-0.3, -0.25) is 4.79 Å². The molecule has 2 unspecified atom stereocenters. The molecule has 3 aromatic rings. The van der Waals surface area contributed by atoms with E-state index in [0.29, 0.717) is 22.5 Å². The lowest BCUT2D eigenvalue weighted by atomic mass is 9.92. The molecule has 5 nitrogen and oxygen atoms in total. The number of rotatable bonds is 5. The topological polar surface area (TPSA) is 72.1 Å². The van der Waals surface area contributed by atoms with Crippen molar-refractivity contribution in [2.24, 2.45) is 0 Å². The molecule has 0 saturated carbocycles. The number of nitrogens with two attached hydrogens (primary N) is 1. The maximum absolute atomic E-state index is 11.1. The van der Waals surface area contributed by atoms with Gasteiger partial charge in [-0.05, 0) is 22.8 Å². The number of fused-ring (bicyclic) bond motifs is 1. The first kappa shape index (κ1) is 16.9. The second-order valence-electron chi connectivity index (χ2n) is 5.73. The van der Waals surface area contributed by atoms with Crippen LogP contribution >= 0.6 is 20.6 Å². The Morgan fingerprint density at radius 2 is 2.17 bits per heavy atom. The summed E-state index contributed by atoms with van der Waals surface area (Å²) in [5.41, 5.74) is 9.45. The number of carbonyl (C=O) groups excluding carboxylic acids is 1. The lowest BCUT2D eigenvalue weighted by molar-refractivity contribution is 0.112. The van der Waals surface area contributed by atoms with E-state index < -0.39 is 0 Å². The number of anilines is 2. The normalized spacial score (nSPS) is 12.2. The van der Waals surface area contributed by atoms with Crippen LogP contribution in [0.2, 0.25) is 0 Å². The summed E-state index contributed by atoms with van der Waals surface area (Å²) in [4.78, 5) is 22.4. The highest BCUT2D eigenvalue weighted by atomic mass is 32.1. The van der Waals surface area contributed by atoms with E-state index in [1.807, 2.05) is 13.1 Å². The Kier molecular flexibility index (Phi) is 4.83. The molecule has 122 valence electrons. The quantitative estimate of drug-likeness (QED) is 0.431. The predicted octanol–water partition coefficient (Wildman–Crippen LogP) is 2.23. The van der Waals surface area contributed by atoms with Crippen molar-refractivity contribution in [2.45, 2.75) is 12.1 Å². The van der Waals surface area contributed by atoms with E-state index in [2.05, 4.69) is 50.2 Å². The molecule has 0 fully saturated rings. The van der Waals surface area contributed by atoms with Gasteiger partial charge in [0.1, 0.15) is 7.85 Å². The van der Waals surface area contributed by atoms with Crippen molar-refractivity contribution in [3.8, 4) is 0 Å². The molecule has 8 heteroatoms. The van der Waals surface area contributed by atoms with Gasteiger partial charge in [-0.15, -0.1) is 20.6 Å². The molecule has 0 aliphatic rings. The summed E-state index contributed by atoms with van der Waals surface area (Å²) in [6.45, 7) is 0.703. The third kappa shape index (κ3) is 3.28. The SMILES string of the molecule is BC(P)c1ccccc1CN(C)c1nc(N)nc2cc(C=O)sc12. The number of nitrogen functional groups attached to an aromatic ring is 1. The van der Waals surface area contributed by atoms with E-state index >= 15 is 0 Å². The molecule has 2 heterocycles. The third-order valence-electron chi connectivity index (χ3n) is 3.82. The molecular formula is C16H18BN4OPS. The Hall–Kier alpha value is -1.98. The number of thiophene rings is 1. The van der Waals surface area contributed by atoms with Crippen LogP contribution in [-0.4, -0.2) is 31.1 Å². The Morgan fingerprint density at radius 3 is 2.88 bits per heavy atom. The molecule has 0 spiro atoms. The summed E-state index contributed by atoms with van der Waals surface area (Å²) in [7, 11) is 6.97. The van der Waals surface area contributed by atoms with Crippen LogP contribution in [0.15, 0.2) is 30.3 Å². The lowest BCUT2D eigenvalue weighted by Gasteiger charge is -2.22. The summed E-state index contributed by atoms with van der Waals surface area (Å²) in [5, 5.41) is 0. The summed E-state index contributed by atoms with van der Waals surface area (Å²) in [6, 6.07) is 10.1. The van der Waals surface area contributed by atoms with Crippen molar-refractivity contribution in [3.05, 3.63) is 46.3 Å². The number of aldehydes is 1. The van der Waals surface area contributed by atoms with Gasteiger partial charge in [0.15, 0.2) is 12.1 Å². The van der Waals surface area contributed by atoms with E-state index in [0.717, 1.165) is 16.8 Å². The number of carbonyl (C=O) groups is 1. The summed E-state index contributed by atoms with van der Waals surface area (Å²) in [6.07, 6.45) is 0.831. The Morgan fingerprint density at radius 1 is 1.42 bits per heavy atom. The van der Waals surface area contributed by atoms with Crippen molar-refractivity contribution in [2.75, 3.05) is 17.7 Å². The molecule has 0 aliphatic heterocycles. The van der Waals surface area contributed by atoms with Crippen molar-refractivity contribution in [1.29, 1.82) is 0 Å². The maximum Gasteiger partial charge on any atom is 0.222 e. The Balaban J connectivity index is 2.01. The first-order valence-corrected chi connectivity index (χ1v) is 9.04. The molecule has 0 saturated heterocycles. The van der Waals surface area contributed by atoms with Gasteiger partial charge in [-0.1, -0.05) is 24.3 Å². The van der Waals surface area contributed by atoms with Gasteiger partial charge in [0, 0.05) is 13.6 Å². The lowest BCUT2D eigenvalue weighted by Crippen LogP contribution is -2.19. The van der Waals surface area contributed by atoms with Crippen LogP contribution in [0.3, 0.4) is 0 Å². The molecule has 2 aromatic heterocycles. The Labute approximate surface area is 147 Å². The van der Waals surface area contributed by atoms with Gasteiger partial charge in [0.05, 0.1) is 15.1 Å². The average molecular weight is 356 g/mol. The highest BCUT2D eigenvalue weighted by molar-refractivity contribution is 7.21. The standard InChI is InChI=1S/C16H18BN4OPS/c1-21(7-9-4-2-3-5-11(9)14(17)23)15-13-12(19-16(18)20-15)6-10(8-22)24-13/h2-6,8,14H,7,17,23H2,1H3,(H2,18,19,20). The Bertz CT molecular complexity index is 899. The fourth-order valence-electron chi connectivity index (χ4n) is 2.72. The molecule has 0 amide bonds. The number of benzene rings is 1. The van der Waals surface area contributed by atoms with Crippen LogP contribution in [0.4, 0.5) is 11.8 Å². The predicted molar refractivity (Wildman–Crippen MR) is 107 cm³/mol. The van der Waals surface area contributed by atoms with Crippen LogP contribution in [-0.2, 0) is 6.54 Å². The zero-order valence-corrected chi connectivity index (χ0v) is 15.5. The van der Waals surface area contributed by atoms with Gasteiger partial charge in [0.2, 0.25) is 5.95 Å². The largest absolute Gasteiger partial charge is 0.368 e. The number of hydrogen-bond acceptors (Lipinski definition) is 6. The van der Waals surface area contributed by atoms with Crippen molar-refractivity contribution in [1.82, 2.24) is 9.97 Å². The van der Waals surface area contributed by atoms with Crippen LogP contribution in [0, 0.1) is 0 Å². The number of hydrogen-bond donors (Lipinski definition) is 1. The third-order valence-corrected chi connectivity index (χ3v) is 5.23. The summed E-state index contributed by atoms with van der Waals surface area (Å²) in [5.74, 6) is 0.967. The first-order valence-electron chi connectivity index (χ1n) is 7.56. The second-order valence-corrected chi connectivity index (χ2v) is 7.81. The second kappa shape index (κ2) is 6.87. The van der Waals surface area contributed by atoms with Gasteiger partial charge in [0.25, 0.3) is 0 Å². The van der Waals surface area contributed by atoms with E-state index in [1.165, 1.54) is 22.5 Å². The molecule has 24 heavy (non-hydrogen) atoms. The summed E-state index contributed by atoms with van der Waals surface area (Å²) < 4.78 is 0.880.